The lowest BCUT2D eigenvalue weighted by molar-refractivity contribution is -0.137. The van der Waals surface area contributed by atoms with E-state index in [1.165, 1.54) is 0 Å². The van der Waals surface area contributed by atoms with Gasteiger partial charge < -0.3 is 25.5 Å². The first-order valence-electron chi connectivity index (χ1n) is 12.7. The van der Waals surface area contributed by atoms with E-state index in [0.717, 1.165) is 68.1 Å². The van der Waals surface area contributed by atoms with E-state index in [2.05, 4.69) is 6.92 Å². The van der Waals surface area contributed by atoms with Crippen molar-refractivity contribution in [1.29, 1.82) is 0 Å². The summed E-state index contributed by atoms with van der Waals surface area (Å²) in [5.41, 5.74) is 2.95. The van der Waals surface area contributed by atoms with Crippen LogP contribution in [0.1, 0.15) is 89.5 Å². The molecule has 1 aromatic carbocycles. The first kappa shape index (κ1) is 29.9. The highest BCUT2D eigenvalue weighted by atomic mass is 16.4. The third kappa shape index (κ3) is 14.2. The van der Waals surface area contributed by atoms with Crippen LogP contribution >= 0.6 is 0 Å². The molecule has 0 aromatic heterocycles. The average molecular weight is 477 g/mol. The highest BCUT2D eigenvalue weighted by Crippen LogP contribution is 2.25. The van der Waals surface area contributed by atoms with E-state index >= 15 is 0 Å². The maximum atomic E-state index is 10.6. The minimum Gasteiger partial charge on any atom is -0.508 e. The SMILES string of the molecule is CCCCC[C@H](O)/C=C/C(Cc1cccc(O)c1)=C(/CCCCCCCC(=O)O)C[C@H](O)CO. The number of carboxylic acids is 1. The summed E-state index contributed by atoms with van der Waals surface area (Å²) in [5.74, 6) is -0.567. The molecule has 34 heavy (non-hydrogen) atoms. The van der Waals surface area contributed by atoms with E-state index in [9.17, 15) is 25.2 Å². The molecule has 5 N–H and O–H groups in total. The number of benzene rings is 1. The van der Waals surface area contributed by atoms with Gasteiger partial charge in [-0.05, 0) is 61.8 Å². The molecular formula is C28H44O6. The molecule has 0 unspecified atom stereocenters. The molecule has 0 bridgehead atoms. The van der Waals surface area contributed by atoms with Crippen LogP contribution in [-0.2, 0) is 11.2 Å². The molecule has 6 heteroatoms. The second-order valence-electron chi connectivity index (χ2n) is 9.10. The summed E-state index contributed by atoms with van der Waals surface area (Å²) in [5, 5.41) is 48.6. The zero-order valence-electron chi connectivity index (χ0n) is 20.7. The van der Waals surface area contributed by atoms with Crippen molar-refractivity contribution in [3.05, 3.63) is 53.1 Å². The first-order valence-corrected chi connectivity index (χ1v) is 12.7. The fourth-order valence-electron chi connectivity index (χ4n) is 4.00. The van der Waals surface area contributed by atoms with Crippen molar-refractivity contribution in [3.8, 4) is 5.75 Å². The summed E-state index contributed by atoms with van der Waals surface area (Å²) < 4.78 is 0. The van der Waals surface area contributed by atoms with E-state index in [4.69, 9.17) is 5.11 Å². The number of phenolic OH excluding ortho intramolecular Hbond substituents is 1. The zero-order valence-corrected chi connectivity index (χ0v) is 20.7. The second kappa shape index (κ2) is 18.2. The Balaban J connectivity index is 2.98. The maximum absolute atomic E-state index is 10.6. The number of hydrogen-bond donors (Lipinski definition) is 5. The largest absolute Gasteiger partial charge is 0.508 e. The highest BCUT2D eigenvalue weighted by molar-refractivity contribution is 5.66. The van der Waals surface area contributed by atoms with Gasteiger partial charge in [-0.3, -0.25) is 4.79 Å². The Bertz CT molecular complexity index is 755. The summed E-state index contributed by atoms with van der Waals surface area (Å²) in [6.07, 6.45) is 12.4. The first-order chi connectivity index (χ1) is 16.3. The lowest BCUT2D eigenvalue weighted by atomic mass is 9.91. The summed E-state index contributed by atoms with van der Waals surface area (Å²) in [6.45, 7) is 1.81. The average Bonchev–Trinajstić information content (AvgIpc) is 2.80. The fourth-order valence-corrected chi connectivity index (χ4v) is 4.00. The molecule has 0 spiro atoms. The van der Waals surface area contributed by atoms with Crippen LogP contribution in [0.15, 0.2) is 47.6 Å². The molecule has 2 atom stereocenters. The Labute approximate surface area is 204 Å². The maximum Gasteiger partial charge on any atom is 0.303 e. The summed E-state index contributed by atoms with van der Waals surface area (Å²) in [6, 6.07) is 7.08. The Hall–Kier alpha value is -2.15. The van der Waals surface area contributed by atoms with Crippen LogP contribution in [0, 0.1) is 0 Å². The zero-order chi connectivity index (χ0) is 25.2. The number of unbranched alkanes of at least 4 members (excludes halogenated alkanes) is 6. The molecule has 0 radical (unpaired) electrons. The van der Waals surface area contributed by atoms with Gasteiger partial charge in [-0.15, -0.1) is 0 Å². The number of aliphatic hydroxyl groups is 3. The molecule has 0 aliphatic rings. The fraction of sp³-hybridized carbons (Fsp3) is 0.607. The molecule has 0 fully saturated rings. The van der Waals surface area contributed by atoms with Crippen molar-refractivity contribution in [1.82, 2.24) is 0 Å². The molecule has 0 amide bonds. The monoisotopic (exact) mass is 476 g/mol. The van der Waals surface area contributed by atoms with Gasteiger partial charge in [-0.2, -0.15) is 0 Å². The quantitative estimate of drug-likeness (QED) is 0.137. The van der Waals surface area contributed by atoms with Crippen molar-refractivity contribution in [2.75, 3.05) is 6.61 Å². The number of carboxylic acid groups (broad SMARTS) is 1. The van der Waals surface area contributed by atoms with Crippen molar-refractivity contribution in [2.45, 2.75) is 103 Å². The normalized spacial score (nSPS) is 14.2. The molecule has 1 aromatic rings. The molecule has 0 heterocycles. The summed E-state index contributed by atoms with van der Waals surface area (Å²) in [7, 11) is 0. The van der Waals surface area contributed by atoms with Gasteiger partial charge in [-0.1, -0.05) is 75.3 Å². The van der Waals surface area contributed by atoms with Crippen LogP contribution < -0.4 is 0 Å². The number of hydrogen-bond acceptors (Lipinski definition) is 5. The molecule has 0 saturated heterocycles. The van der Waals surface area contributed by atoms with Crippen LogP contribution in [0.5, 0.6) is 5.75 Å². The topological polar surface area (TPSA) is 118 Å². The highest BCUT2D eigenvalue weighted by Gasteiger charge is 2.13. The smallest absolute Gasteiger partial charge is 0.303 e. The number of allylic oxidation sites excluding steroid dienone is 2. The van der Waals surface area contributed by atoms with E-state index in [-0.39, 0.29) is 18.8 Å². The van der Waals surface area contributed by atoms with E-state index in [1.54, 1.807) is 18.2 Å². The third-order valence-corrected chi connectivity index (χ3v) is 5.94. The Morgan fingerprint density at radius 3 is 2.35 bits per heavy atom. The Morgan fingerprint density at radius 2 is 1.71 bits per heavy atom. The lowest BCUT2D eigenvalue weighted by Crippen LogP contribution is -2.14. The van der Waals surface area contributed by atoms with Crippen molar-refractivity contribution >= 4 is 5.97 Å². The number of rotatable bonds is 19. The number of phenols is 1. The van der Waals surface area contributed by atoms with Crippen molar-refractivity contribution in [3.63, 3.8) is 0 Å². The standard InChI is InChI=1S/C28H44O6/c1-2-3-7-13-25(30)17-16-24(18-22-11-10-14-26(31)19-22)23(20-27(32)21-29)12-8-5-4-6-9-15-28(33)34/h10-11,14,16-17,19,25,27,29-32H,2-9,12-13,15,18,20-21H2,1H3,(H,33,34)/b17-16+,24-23+/t25-,27-/m0/s1. The summed E-state index contributed by atoms with van der Waals surface area (Å²) in [4.78, 5) is 10.6. The second-order valence-corrected chi connectivity index (χ2v) is 9.10. The Kier molecular flexibility index (Phi) is 16.0. The molecule has 1 rings (SSSR count). The third-order valence-electron chi connectivity index (χ3n) is 5.94. The van der Waals surface area contributed by atoms with Gasteiger partial charge in [0, 0.05) is 6.42 Å². The summed E-state index contributed by atoms with van der Waals surface area (Å²) >= 11 is 0. The minimum atomic E-state index is -0.854. The number of aliphatic carboxylic acids is 1. The van der Waals surface area contributed by atoms with Crippen LogP contribution in [0.25, 0.3) is 0 Å². The van der Waals surface area contributed by atoms with Gasteiger partial charge in [0.2, 0.25) is 0 Å². The minimum absolute atomic E-state index is 0.193. The van der Waals surface area contributed by atoms with Crippen molar-refractivity contribution in [2.24, 2.45) is 0 Å². The van der Waals surface area contributed by atoms with Gasteiger partial charge in [0.05, 0.1) is 18.8 Å². The van der Waals surface area contributed by atoms with Gasteiger partial charge in [0.25, 0.3) is 0 Å². The molecule has 0 aliphatic carbocycles. The van der Waals surface area contributed by atoms with Crippen molar-refractivity contribution < 1.29 is 30.3 Å². The van der Waals surface area contributed by atoms with Gasteiger partial charge in [-0.25, -0.2) is 0 Å². The predicted octanol–water partition coefficient (Wildman–Crippen LogP) is 5.29. The number of aromatic hydroxyl groups is 1. The number of carbonyl (C=O) groups is 1. The molecule has 192 valence electrons. The van der Waals surface area contributed by atoms with E-state index in [0.29, 0.717) is 25.7 Å². The van der Waals surface area contributed by atoms with E-state index in [1.807, 2.05) is 18.2 Å². The van der Waals surface area contributed by atoms with Crippen LogP contribution in [0.4, 0.5) is 0 Å². The van der Waals surface area contributed by atoms with Crippen LogP contribution in [-0.4, -0.2) is 50.3 Å². The van der Waals surface area contributed by atoms with E-state index < -0.39 is 18.2 Å². The van der Waals surface area contributed by atoms with Gasteiger partial charge >= 0.3 is 5.97 Å². The van der Waals surface area contributed by atoms with Gasteiger partial charge in [0.1, 0.15) is 5.75 Å². The lowest BCUT2D eigenvalue weighted by Gasteiger charge is -2.17. The predicted molar refractivity (Wildman–Crippen MR) is 136 cm³/mol. The molecule has 0 saturated carbocycles. The van der Waals surface area contributed by atoms with Crippen LogP contribution in [0.2, 0.25) is 0 Å². The molecule has 6 nitrogen and oxygen atoms in total. The van der Waals surface area contributed by atoms with Gasteiger partial charge in [0.15, 0.2) is 0 Å². The van der Waals surface area contributed by atoms with Crippen LogP contribution in [0.3, 0.4) is 0 Å². The molecular weight excluding hydrogens is 432 g/mol. The Morgan fingerprint density at radius 1 is 1.00 bits per heavy atom. The molecule has 0 aliphatic heterocycles. The number of aliphatic hydroxyl groups excluding tert-OH is 3.